The Kier molecular flexibility index (Phi) is 3.99. The van der Waals surface area contributed by atoms with Crippen LogP contribution in [-0.4, -0.2) is 49.1 Å². The number of hydrogen-bond donors (Lipinski definition) is 2. The molecule has 0 bridgehead atoms. The number of piperazine rings is 1. The molecule has 1 atom stereocenters. The van der Waals surface area contributed by atoms with Crippen molar-refractivity contribution < 1.29 is 4.74 Å². The minimum atomic E-state index is 0.584. The van der Waals surface area contributed by atoms with Crippen molar-refractivity contribution in [2.45, 2.75) is 25.3 Å². The summed E-state index contributed by atoms with van der Waals surface area (Å²) in [5.41, 5.74) is 2.44. The molecule has 4 rings (SSSR count). The Balaban J connectivity index is 1.53. The zero-order valence-electron chi connectivity index (χ0n) is 12.9. The van der Waals surface area contributed by atoms with Gasteiger partial charge in [-0.25, -0.2) is 0 Å². The molecule has 2 saturated heterocycles. The minimum absolute atomic E-state index is 0.584. The molecule has 0 unspecified atom stereocenters. The van der Waals surface area contributed by atoms with Crippen LogP contribution in [0.4, 0.5) is 5.69 Å². The third kappa shape index (κ3) is 2.83. The molecule has 1 aromatic carbocycles. The monoisotopic (exact) mass is 300 g/mol. The SMILES string of the molecule is c1cc2[nH]ncc2cc1N1CCNC[C@@H]1CC1CCOCC1. The Morgan fingerprint density at radius 3 is 3.09 bits per heavy atom. The Morgan fingerprint density at radius 1 is 1.27 bits per heavy atom. The molecule has 118 valence electrons. The van der Waals surface area contributed by atoms with Crippen LogP contribution in [0.2, 0.25) is 0 Å². The maximum atomic E-state index is 5.50. The van der Waals surface area contributed by atoms with Crippen molar-refractivity contribution in [1.82, 2.24) is 15.5 Å². The first kappa shape index (κ1) is 14.0. The number of nitrogens with zero attached hydrogens (tertiary/aromatic N) is 2. The first-order chi connectivity index (χ1) is 10.9. The number of benzene rings is 1. The second kappa shape index (κ2) is 6.26. The molecule has 2 aliphatic heterocycles. The number of aromatic amines is 1. The van der Waals surface area contributed by atoms with E-state index in [1.807, 2.05) is 6.20 Å². The lowest BCUT2D eigenvalue weighted by Crippen LogP contribution is -2.52. The van der Waals surface area contributed by atoms with E-state index in [2.05, 4.69) is 38.6 Å². The van der Waals surface area contributed by atoms with Gasteiger partial charge in [0.15, 0.2) is 0 Å². The van der Waals surface area contributed by atoms with Gasteiger partial charge in [-0.3, -0.25) is 5.10 Å². The zero-order valence-corrected chi connectivity index (χ0v) is 12.9. The van der Waals surface area contributed by atoms with Gasteiger partial charge in [0.25, 0.3) is 0 Å². The van der Waals surface area contributed by atoms with Gasteiger partial charge in [0, 0.05) is 50.0 Å². The highest BCUT2D eigenvalue weighted by Crippen LogP contribution is 2.28. The van der Waals surface area contributed by atoms with Crippen LogP contribution in [0, 0.1) is 5.92 Å². The Hall–Kier alpha value is -1.59. The summed E-state index contributed by atoms with van der Waals surface area (Å²) in [5, 5.41) is 11.9. The van der Waals surface area contributed by atoms with E-state index in [4.69, 9.17) is 4.74 Å². The summed E-state index contributed by atoms with van der Waals surface area (Å²) in [7, 11) is 0. The molecule has 2 N–H and O–H groups in total. The molecular formula is C17H24N4O. The van der Waals surface area contributed by atoms with Crippen LogP contribution in [0.5, 0.6) is 0 Å². The zero-order chi connectivity index (χ0) is 14.8. The highest BCUT2D eigenvalue weighted by molar-refractivity contribution is 5.82. The number of H-pyrrole nitrogens is 1. The molecule has 0 spiro atoms. The average Bonchev–Trinajstić information content (AvgIpc) is 3.04. The van der Waals surface area contributed by atoms with E-state index in [0.29, 0.717) is 6.04 Å². The quantitative estimate of drug-likeness (QED) is 0.912. The summed E-state index contributed by atoms with van der Waals surface area (Å²) in [6, 6.07) is 7.22. The third-order valence-corrected chi connectivity index (χ3v) is 5.05. The molecule has 0 saturated carbocycles. The van der Waals surface area contributed by atoms with Crippen LogP contribution in [0.1, 0.15) is 19.3 Å². The van der Waals surface area contributed by atoms with Gasteiger partial charge in [0.1, 0.15) is 0 Å². The Bertz CT molecular complexity index is 620. The minimum Gasteiger partial charge on any atom is -0.381 e. The van der Waals surface area contributed by atoms with Gasteiger partial charge in [-0.1, -0.05) is 0 Å². The number of fused-ring (bicyclic) bond motifs is 1. The second-order valence-corrected chi connectivity index (χ2v) is 6.48. The van der Waals surface area contributed by atoms with Gasteiger partial charge in [0.2, 0.25) is 0 Å². The molecular weight excluding hydrogens is 276 g/mol. The van der Waals surface area contributed by atoms with Crippen LogP contribution in [-0.2, 0) is 4.74 Å². The molecule has 2 aliphatic rings. The van der Waals surface area contributed by atoms with E-state index in [0.717, 1.165) is 44.3 Å². The van der Waals surface area contributed by atoms with Crippen molar-refractivity contribution in [3.8, 4) is 0 Å². The summed E-state index contributed by atoms with van der Waals surface area (Å²) in [6.45, 7) is 5.10. The fraction of sp³-hybridized carbons (Fsp3) is 0.588. The van der Waals surface area contributed by atoms with Crippen LogP contribution >= 0.6 is 0 Å². The fourth-order valence-corrected chi connectivity index (χ4v) is 3.79. The fourth-order valence-electron chi connectivity index (χ4n) is 3.79. The summed E-state index contributed by atoms with van der Waals surface area (Å²) < 4.78 is 5.50. The molecule has 0 aliphatic carbocycles. The van der Waals surface area contributed by atoms with Crippen LogP contribution in [0.15, 0.2) is 24.4 Å². The molecule has 2 aromatic rings. The molecule has 22 heavy (non-hydrogen) atoms. The number of rotatable bonds is 3. The lowest BCUT2D eigenvalue weighted by Gasteiger charge is -2.40. The van der Waals surface area contributed by atoms with E-state index < -0.39 is 0 Å². The van der Waals surface area contributed by atoms with Gasteiger partial charge in [-0.05, 0) is 43.4 Å². The molecule has 0 amide bonds. The van der Waals surface area contributed by atoms with Crippen molar-refractivity contribution >= 4 is 16.6 Å². The second-order valence-electron chi connectivity index (χ2n) is 6.48. The number of aromatic nitrogens is 2. The lowest BCUT2D eigenvalue weighted by atomic mass is 9.91. The van der Waals surface area contributed by atoms with Crippen LogP contribution in [0.25, 0.3) is 10.9 Å². The summed E-state index contributed by atoms with van der Waals surface area (Å²) >= 11 is 0. The lowest BCUT2D eigenvalue weighted by molar-refractivity contribution is 0.0611. The first-order valence-electron chi connectivity index (χ1n) is 8.38. The number of ether oxygens (including phenoxy) is 1. The van der Waals surface area contributed by atoms with Gasteiger partial charge in [-0.2, -0.15) is 5.10 Å². The van der Waals surface area contributed by atoms with E-state index >= 15 is 0 Å². The predicted molar refractivity (Wildman–Crippen MR) is 88.3 cm³/mol. The summed E-state index contributed by atoms with van der Waals surface area (Å²) in [6.07, 6.45) is 5.60. The molecule has 3 heterocycles. The van der Waals surface area contributed by atoms with Crippen molar-refractivity contribution in [3.05, 3.63) is 24.4 Å². The third-order valence-electron chi connectivity index (χ3n) is 5.05. The van der Waals surface area contributed by atoms with Crippen LogP contribution < -0.4 is 10.2 Å². The van der Waals surface area contributed by atoms with Crippen molar-refractivity contribution in [2.24, 2.45) is 5.92 Å². The summed E-state index contributed by atoms with van der Waals surface area (Å²) in [5.74, 6) is 0.804. The number of anilines is 1. The highest BCUT2D eigenvalue weighted by atomic mass is 16.5. The van der Waals surface area contributed by atoms with Crippen molar-refractivity contribution in [1.29, 1.82) is 0 Å². The van der Waals surface area contributed by atoms with Crippen molar-refractivity contribution in [3.63, 3.8) is 0 Å². The van der Waals surface area contributed by atoms with E-state index in [1.165, 1.54) is 30.3 Å². The van der Waals surface area contributed by atoms with Crippen LogP contribution in [0.3, 0.4) is 0 Å². The molecule has 5 heteroatoms. The van der Waals surface area contributed by atoms with Gasteiger partial charge in [-0.15, -0.1) is 0 Å². The van der Waals surface area contributed by atoms with Gasteiger partial charge in [0.05, 0.1) is 11.7 Å². The number of hydrogen-bond acceptors (Lipinski definition) is 4. The summed E-state index contributed by atoms with van der Waals surface area (Å²) in [4.78, 5) is 2.58. The molecule has 0 radical (unpaired) electrons. The Morgan fingerprint density at radius 2 is 2.18 bits per heavy atom. The first-order valence-corrected chi connectivity index (χ1v) is 8.38. The molecule has 5 nitrogen and oxygen atoms in total. The van der Waals surface area contributed by atoms with E-state index in [9.17, 15) is 0 Å². The highest BCUT2D eigenvalue weighted by Gasteiger charge is 2.26. The smallest absolute Gasteiger partial charge is 0.0651 e. The van der Waals surface area contributed by atoms with Gasteiger partial charge >= 0.3 is 0 Å². The maximum Gasteiger partial charge on any atom is 0.0651 e. The molecule has 2 fully saturated rings. The van der Waals surface area contributed by atoms with E-state index in [-0.39, 0.29) is 0 Å². The molecule has 1 aromatic heterocycles. The largest absolute Gasteiger partial charge is 0.381 e. The predicted octanol–water partition coefficient (Wildman–Crippen LogP) is 2.16. The van der Waals surface area contributed by atoms with E-state index in [1.54, 1.807) is 0 Å². The number of nitrogens with one attached hydrogen (secondary N) is 2. The standard InChI is InChI=1S/C17H24N4O/c1-2-17-14(11-19-20-17)10-15(1)21-6-5-18-12-16(21)9-13-3-7-22-8-4-13/h1-2,10-11,13,16,18H,3-9,12H2,(H,19,20)/t16-/m0/s1. The van der Waals surface area contributed by atoms with Crippen molar-refractivity contribution in [2.75, 3.05) is 37.7 Å². The van der Waals surface area contributed by atoms with Gasteiger partial charge < -0.3 is 15.0 Å². The normalized spacial score (nSPS) is 24.0. The average molecular weight is 300 g/mol. The Labute approximate surface area is 131 Å². The topological polar surface area (TPSA) is 53.2 Å². The maximum absolute atomic E-state index is 5.50.